The maximum absolute atomic E-state index is 5.43. The normalized spacial score (nSPS) is 12.0. The van der Waals surface area contributed by atoms with Gasteiger partial charge in [-0.1, -0.05) is 0 Å². The minimum atomic E-state index is -0.307. The van der Waals surface area contributed by atoms with Crippen molar-refractivity contribution in [1.82, 2.24) is 14.5 Å². The molecule has 0 aromatic carbocycles. The number of rotatable bonds is 4. The molecular weight excluding hydrogens is 250 g/mol. The largest absolute Gasteiger partial charge is 0.481 e. The monoisotopic (exact) mass is 267 g/mol. The van der Waals surface area contributed by atoms with Crippen molar-refractivity contribution in [3.05, 3.63) is 16.9 Å². The van der Waals surface area contributed by atoms with Crippen LogP contribution >= 0.6 is 12.2 Å². The van der Waals surface area contributed by atoms with Crippen LogP contribution < -0.4 is 4.74 Å². The van der Waals surface area contributed by atoms with Gasteiger partial charge in [0.25, 0.3) is 0 Å². The average Bonchev–Trinajstić information content (AvgIpc) is 2.65. The SMILES string of the molecule is COc1ccc2[nH]c(=S)n(CC(C)(C)OC)c2n1. The van der Waals surface area contributed by atoms with Crippen LogP contribution in [0.15, 0.2) is 12.1 Å². The molecule has 0 aliphatic carbocycles. The van der Waals surface area contributed by atoms with Crippen LogP contribution in [0.25, 0.3) is 11.2 Å². The molecule has 0 aliphatic heterocycles. The number of H-pyrrole nitrogens is 1. The second-order valence-corrected chi connectivity index (χ2v) is 5.09. The van der Waals surface area contributed by atoms with Gasteiger partial charge in [-0.15, -0.1) is 0 Å². The van der Waals surface area contributed by atoms with Crippen molar-refractivity contribution in [2.24, 2.45) is 0 Å². The Bertz CT molecular complexity index is 615. The summed E-state index contributed by atoms with van der Waals surface area (Å²) in [5, 5.41) is 0. The second-order valence-electron chi connectivity index (χ2n) is 4.70. The average molecular weight is 267 g/mol. The number of aromatic nitrogens is 3. The first-order valence-electron chi connectivity index (χ1n) is 5.65. The second kappa shape index (κ2) is 4.70. The first-order chi connectivity index (χ1) is 8.46. The van der Waals surface area contributed by atoms with E-state index in [0.717, 1.165) is 11.2 Å². The van der Waals surface area contributed by atoms with E-state index in [9.17, 15) is 0 Å². The van der Waals surface area contributed by atoms with Gasteiger partial charge in [-0.2, -0.15) is 4.98 Å². The fourth-order valence-corrected chi connectivity index (χ4v) is 1.98. The van der Waals surface area contributed by atoms with Gasteiger partial charge in [-0.3, -0.25) is 4.57 Å². The van der Waals surface area contributed by atoms with Gasteiger partial charge in [-0.05, 0) is 32.1 Å². The van der Waals surface area contributed by atoms with Crippen LogP contribution in [-0.4, -0.2) is 34.4 Å². The van der Waals surface area contributed by atoms with E-state index in [1.807, 2.05) is 24.5 Å². The van der Waals surface area contributed by atoms with Crippen molar-refractivity contribution in [2.45, 2.75) is 26.0 Å². The first kappa shape index (κ1) is 13.0. The molecule has 2 heterocycles. The summed E-state index contributed by atoms with van der Waals surface area (Å²) in [6, 6.07) is 3.71. The summed E-state index contributed by atoms with van der Waals surface area (Å²) in [7, 11) is 3.28. The van der Waals surface area contributed by atoms with E-state index >= 15 is 0 Å². The Labute approximate surface area is 111 Å². The lowest BCUT2D eigenvalue weighted by atomic mass is 10.1. The molecule has 2 aromatic heterocycles. The fourth-order valence-electron chi connectivity index (χ4n) is 1.72. The maximum atomic E-state index is 5.43. The van der Waals surface area contributed by atoms with Gasteiger partial charge in [0.1, 0.15) is 0 Å². The van der Waals surface area contributed by atoms with E-state index < -0.39 is 0 Å². The van der Waals surface area contributed by atoms with Gasteiger partial charge in [-0.25, -0.2) is 0 Å². The minimum Gasteiger partial charge on any atom is -0.481 e. The fraction of sp³-hybridized carbons (Fsp3) is 0.500. The predicted octanol–water partition coefficient (Wildman–Crippen LogP) is 2.53. The van der Waals surface area contributed by atoms with Crippen molar-refractivity contribution in [2.75, 3.05) is 14.2 Å². The van der Waals surface area contributed by atoms with Crippen LogP contribution in [-0.2, 0) is 11.3 Å². The third-order valence-electron chi connectivity index (χ3n) is 2.89. The summed E-state index contributed by atoms with van der Waals surface area (Å²) in [4.78, 5) is 7.55. The van der Waals surface area contributed by atoms with Crippen molar-refractivity contribution in [3.63, 3.8) is 0 Å². The summed E-state index contributed by atoms with van der Waals surface area (Å²) in [6.07, 6.45) is 0. The lowest BCUT2D eigenvalue weighted by molar-refractivity contribution is 0.00860. The summed E-state index contributed by atoms with van der Waals surface area (Å²) in [5.41, 5.74) is 1.37. The van der Waals surface area contributed by atoms with E-state index in [4.69, 9.17) is 21.7 Å². The van der Waals surface area contributed by atoms with Gasteiger partial charge in [0, 0.05) is 13.2 Å². The molecule has 0 spiro atoms. The molecule has 0 aliphatic rings. The van der Waals surface area contributed by atoms with Crippen molar-refractivity contribution >= 4 is 23.4 Å². The van der Waals surface area contributed by atoms with E-state index in [-0.39, 0.29) is 5.60 Å². The summed E-state index contributed by atoms with van der Waals surface area (Å²) in [5.74, 6) is 0.570. The zero-order valence-electron chi connectivity index (χ0n) is 11.0. The molecule has 98 valence electrons. The number of methoxy groups -OCH3 is 2. The summed E-state index contributed by atoms with van der Waals surface area (Å²) >= 11 is 5.32. The Morgan fingerprint density at radius 3 is 2.72 bits per heavy atom. The number of pyridine rings is 1. The van der Waals surface area contributed by atoms with Crippen LogP contribution in [0.5, 0.6) is 5.88 Å². The number of ether oxygens (including phenoxy) is 2. The van der Waals surface area contributed by atoms with E-state index in [2.05, 4.69) is 9.97 Å². The van der Waals surface area contributed by atoms with Gasteiger partial charge >= 0.3 is 0 Å². The van der Waals surface area contributed by atoms with E-state index in [0.29, 0.717) is 17.2 Å². The molecule has 0 saturated carbocycles. The summed E-state index contributed by atoms with van der Waals surface area (Å²) in [6.45, 7) is 4.64. The number of hydrogen-bond donors (Lipinski definition) is 1. The van der Waals surface area contributed by atoms with Gasteiger partial charge in [0.2, 0.25) is 5.88 Å². The standard InChI is InChI=1S/C12H17N3O2S/c1-12(2,17-4)7-15-10-8(13-11(15)18)5-6-9(14-10)16-3/h5-6H,7H2,1-4H3,(H,13,18). The Morgan fingerprint density at radius 1 is 1.39 bits per heavy atom. The molecule has 0 fully saturated rings. The molecule has 2 rings (SSSR count). The third kappa shape index (κ3) is 2.39. The zero-order chi connectivity index (χ0) is 13.3. The topological polar surface area (TPSA) is 52.1 Å². The van der Waals surface area contributed by atoms with Crippen molar-refractivity contribution in [3.8, 4) is 5.88 Å². The number of fused-ring (bicyclic) bond motifs is 1. The molecule has 0 saturated heterocycles. The number of nitrogens with zero attached hydrogens (tertiary/aromatic N) is 2. The predicted molar refractivity (Wildman–Crippen MR) is 72.6 cm³/mol. The maximum Gasteiger partial charge on any atom is 0.215 e. The van der Waals surface area contributed by atoms with Crippen molar-refractivity contribution < 1.29 is 9.47 Å². The lowest BCUT2D eigenvalue weighted by Crippen LogP contribution is -2.29. The van der Waals surface area contributed by atoms with E-state index in [1.54, 1.807) is 20.3 Å². The van der Waals surface area contributed by atoms with E-state index in [1.165, 1.54) is 0 Å². The van der Waals surface area contributed by atoms with Crippen LogP contribution in [0, 0.1) is 4.77 Å². The smallest absolute Gasteiger partial charge is 0.215 e. The van der Waals surface area contributed by atoms with Crippen LogP contribution in [0.1, 0.15) is 13.8 Å². The summed E-state index contributed by atoms with van der Waals surface area (Å²) < 4.78 is 13.1. The first-order valence-corrected chi connectivity index (χ1v) is 6.06. The quantitative estimate of drug-likeness (QED) is 0.865. The number of aromatic amines is 1. The highest BCUT2D eigenvalue weighted by Gasteiger charge is 2.20. The molecule has 18 heavy (non-hydrogen) atoms. The minimum absolute atomic E-state index is 0.307. The molecular formula is C12H17N3O2S. The zero-order valence-corrected chi connectivity index (χ0v) is 11.8. The van der Waals surface area contributed by atoms with Crippen molar-refractivity contribution in [1.29, 1.82) is 0 Å². The Morgan fingerprint density at radius 2 is 2.11 bits per heavy atom. The molecule has 0 bridgehead atoms. The highest BCUT2D eigenvalue weighted by Crippen LogP contribution is 2.19. The Kier molecular flexibility index (Phi) is 3.41. The van der Waals surface area contributed by atoms with Crippen LogP contribution in [0.4, 0.5) is 0 Å². The molecule has 1 N–H and O–H groups in total. The molecule has 0 unspecified atom stereocenters. The van der Waals surface area contributed by atoms with Crippen LogP contribution in [0.3, 0.4) is 0 Å². The highest BCUT2D eigenvalue weighted by atomic mass is 32.1. The van der Waals surface area contributed by atoms with Gasteiger partial charge in [0.05, 0.1) is 24.8 Å². The molecule has 0 radical (unpaired) electrons. The molecule has 6 heteroatoms. The number of hydrogen-bond acceptors (Lipinski definition) is 4. The molecule has 2 aromatic rings. The Balaban J connectivity index is 2.55. The third-order valence-corrected chi connectivity index (χ3v) is 3.22. The molecule has 5 nitrogen and oxygen atoms in total. The Hall–Kier alpha value is -1.40. The van der Waals surface area contributed by atoms with Crippen LogP contribution in [0.2, 0.25) is 0 Å². The lowest BCUT2D eigenvalue weighted by Gasteiger charge is -2.23. The van der Waals surface area contributed by atoms with Gasteiger partial charge in [0.15, 0.2) is 10.4 Å². The van der Waals surface area contributed by atoms with Gasteiger partial charge < -0.3 is 14.5 Å². The number of imidazole rings is 1. The molecule has 0 atom stereocenters. The molecule has 0 amide bonds. The number of nitrogens with one attached hydrogen (secondary N) is 1. The highest BCUT2D eigenvalue weighted by molar-refractivity contribution is 7.71.